The topological polar surface area (TPSA) is 74.7 Å². The van der Waals surface area contributed by atoms with Crippen molar-refractivity contribution in [1.29, 1.82) is 0 Å². The molecule has 0 aliphatic rings. The van der Waals surface area contributed by atoms with Gasteiger partial charge in [0.1, 0.15) is 6.54 Å². The first-order valence-electron chi connectivity index (χ1n) is 3.77. The molecule has 1 aromatic heterocycles. The van der Waals surface area contributed by atoms with E-state index in [0.717, 1.165) is 15.6 Å². The van der Waals surface area contributed by atoms with Crippen LogP contribution in [0.2, 0.25) is 5.02 Å². The van der Waals surface area contributed by atoms with Gasteiger partial charge in [-0.15, -0.1) is 11.3 Å². The molecule has 0 saturated heterocycles. The van der Waals surface area contributed by atoms with E-state index in [0.29, 0.717) is 0 Å². The smallest absolute Gasteiger partial charge is 0.318 e. The van der Waals surface area contributed by atoms with Crippen LogP contribution in [-0.4, -0.2) is 37.4 Å². The summed E-state index contributed by atoms with van der Waals surface area (Å²) in [7, 11) is -2.59. The first-order chi connectivity index (χ1) is 6.85. The Morgan fingerprint density at radius 1 is 1.67 bits per heavy atom. The molecule has 0 spiro atoms. The Morgan fingerprint density at radius 3 is 2.67 bits per heavy atom. The molecule has 0 fully saturated rings. The Labute approximate surface area is 95.9 Å². The molecule has 84 valence electrons. The van der Waals surface area contributed by atoms with Gasteiger partial charge in [0.05, 0.1) is 5.02 Å². The molecule has 15 heavy (non-hydrogen) atoms. The Hall–Kier alpha value is -0.630. The van der Waals surface area contributed by atoms with E-state index in [2.05, 4.69) is 0 Å². The number of carboxylic acid groups (broad SMARTS) is 1. The quantitative estimate of drug-likeness (QED) is 0.888. The van der Waals surface area contributed by atoms with Gasteiger partial charge in [-0.05, 0) is 11.4 Å². The highest BCUT2D eigenvalue weighted by molar-refractivity contribution is 7.91. The van der Waals surface area contributed by atoms with Gasteiger partial charge in [-0.1, -0.05) is 11.6 Å². The lowest BCUT2D eigenvalue weighted by Crippen LogP contribution is -2.31. The number of nitrogens with zero attached hydrogens (tertiary/aromatic N) is 1. The summed E-state index contributed by atoms with van der Waals surface area (Å²) >= 11 is 6.62. The van der Waals surface area contributed by atoms with Crippen LogP contribution in [0.15, 0.2) is 15.7 Å². The molecule has 0 saturated carbocycles. The van der Waals surface area contributed by atoms with Crippen molar-refractivity contribution in [2.45, 2.75) is 4.21 Å². The van der Waals surface area contributed by atoms with E-state index in [4.69, 9.17) is 16.7 Å². The van der Waals surface area contributed by atoms with Crippen LogP contribution in [0.3, 0.4) is 0 Å². The second-order valence-corrected chi connectivity index (χ2v) is 6.27. The Kier molecular flexibility index (Phi) is 3.72. The number of sulfonamides is 1. The van der Waals surface area contributed by atoms with Crippen LogP contribution in [0.25, 0.3) is 0 Å². The van der Waals surface area contributed by atoms with Crippen LogP contribution in [0.4, 0.5) is 0 Å². The van der Waals surface area contributed by atoms with Gasteiger partial charge < -0.3 is 5.11 Å². The Morgan fingerprint density at radius 2 is 2.27 bits per heavy atom. The van der Waals surface area contributed by atoms with Crippen LogP contribution in [0, 0.1) is 0 Å². The first-order valence-corrected chi connectivity index (χ1v) is 6.46. The number of carboxylic acids is 1. The average Bonchev–Trinajstić information content (AvgIpc) is 2.50. The minimum atomic E-state index is -3.78. The SMILES string of the molecule is CN(CC(=O)O)S(=O)(=O)c1sccc1Cl. The molecule has 0 amide bonds. The number of carbonyl (C=O) groups is 1. The molecule has 1 aromatic rings. The monoisotopic (exact) mass is 269 g/mol. The molecule has 0 aliphatic carbocycles. The maximum atomic E-state index is 11.7. The van der Waals surface area contributed by atoms with Gasteiger partial charge in [0.2, 0.25) is 0 Å². The van der Waals surface area contributed by atoms with Gasteiger partial charge in [0, 0.05) is 7.05 Å². The van der Waals surface area contributed by atoms with E-state index >= 15 is 0 Å². The fourth-order valence-electron chi connectivity index (χ4n) is 0.881. The van der Waals surface area contributed by atoms with Crippen molar-refractivity contribution in [1.82, 2.24) is 4.31 Å². The molecule has 0 atom stereocenters. The van der Waals surface area contributed by atoms with Crippen LogP contribution in [-0.2, 0) is 14.8 Å². The first kappa shape index (κ1) is 12.4. The summed E-state index contributed by atoms with van der Waals surface area (Å²) in [6.45, 7) is -0.587. The van der Waals surface area contributed by atoms with E-state index in [1.807, 2.05) is 0 Å². The second kappa shape index (κ2) is 4.48. The number of hydrogen-bond acceptors (Lipinski definition) is 4. The van der Waals surface area contributed by atoms with E-state index < -0.39 is 22.5 Å². The fraction of sp³-hybridized carbons (Fsp3) is 0.286. The van der Waals surface area contributed by atoms with Gasteiger partial charge in [-0.25, -0.2) is 8.42 Å². The number of thiophene rings is 1. The van der Waals surface area contributed by atoms with Crippen molar-refractivity contribution in [2.75, 3.05) is 13.6 Å². The van der Waals surface area contributed by atoms with E-state index in [1.54, 1.807) is 0 Å². The minimum Gasteiger partial charge on any atom is -0.480 e. The average molecular weight is 270 g/mol. The van der Waals surface area contributed by atoms with Gasteiger partial charge in [-0.3, -0.25) is 4.79 Å². The van der Waals surface area contributed by atoms with Crippen molar-refractivity contribution in [3.05, 3.63) is 16.5 Å². The van der Waals surface area contributed by atoms with E-state index in [9.17, 15) is 13.2 Å². The number of halogens is 1. The third-order valence-corrected chi connectivity index (χ3v) is 5.39. The molecule has 0 bridgehead atoms. The van der Waals surface area contributed by atoms with Gasteiger partial charge >= 0.3 is 5.97 Å². The molecule has 0 radical (unpaired) electrons. The highest BCUT2D eigenvalue weighted by Crippen LogP contribution is 2.29. The zero-order valence-electron chi connectivity index (χ0n) is 7.68. The maximum Gasteiger partial charge on any atom is 0.318 e. The zero-order valence-corrected chi connectivity index (χ0v) is 10.1. The van der Waals surface area contributed by atoms with E-state index in [-0.39, 0.29) is 9.23 Å². The largest absolute Gasteiger partial charge is 0.480 e. The lowest BCUT2D eigenvalue weighted by molar-refractivity contribution is -0.137. The Bertz CT molecular complexity index is 467. The maximum absolute atomic E-state index is 11.7. The lowest BCUT2D eigenvalue weighted by Gasteiger charge is -2.13. The summed E-state index contributed by atoms with van der Waals surface area (Å²) < 4.78 is 24.2. The second-order valence-electron chi connectivity index (χ2n) is 2.71. The van der Waals surface area contributed by atoms with Crippen molar-refractivity contribution in [3.8, 4) is 0 Å². The van der Waals surface area contributed by atoms with Gasteiger partial charge in [-0.2, -0.15) is 4.31 Å². The molecule has 8 heteroatoms. The van der Waals surface area contributed by atoms with Crippen molar-refractivity contribution >= 4 is 38.9 Å². The van der Waals surface area contributed by atoms with Gasteiger partial charge in [0.25, 0.3) is 10.0 Å². The zero-order chi connectivity index (χ0) is 11.6. The Balaban J connectivity index is 3.04. The molecule has 0 aliphatic heterocycles. The van der Waals surface area contributed by atoms with Gasteiger partial charge in [0.15, 0.2) is 4.21 Å². The van der Waals surface area contributed by atoms with Crippen LogP contribution in [0.1, 0.15) is 0 Å². The van der Waals surface area contributed by atoms with Crippen molar-refractivity contribution < 1.29 is 18.3 Å². The number of hydrogen-bond donors (Lipinski definition) is 1. The summed E-state index contributed by atoms with van der Waals surface area (Å²) in [6, 6.07) is 1.45. The molecule has 5 nitrogen and oxygen atoms in total. The molecule has 1 N–H and O–H groups in total. The number of rotatable bonds is 4. The van der Waals surface area contributed by atoms with Crippen molar-refractivity contribution in [3.63, 3.8) is 0 Å². The summed E-state index contributed by atoms with van der Waals surface area (Å²) in [5.41, 5.74) is 0. The molecule has 0 aromatic carbocycles. The highest BCUT2D eigenvalue weighted by Gasteiger charge is 2.26. The summed E-state index contributed by atoms with van der Waals surface area (Å²) in [5, 5.41) is 10.1. The molecule has 1 heterocycles. The number of likely N-dealkylation sites (N-methyl/N-ethyl adjacent to an activating group) is 1. The van der Waals surface area contributed by atoms with Crippen molar-refractivity contribution in [2.24, 2.45) is 0 Å². The summed E-state index contributed by atoms with van der Waals surface area (Å²) in [5.74, 6) is -1.21. The third kappa shape index (κ3) is 2.69. The predicted molar refractivity (Wildman–Crippen MR) is 56.8 cm³/mol. The lowest BCUT2D eigenvalue weighted by atomic mass is 10.7. The fourth-order valence-corrected chi connectivity index (χ4v) is 3.87. The van der Waals surface area contributed by atoms with Crippen LogP contribution >= 0.6 is 22.9 Å². The standard InChI is InChI=1S/C7H8ClNO4S2/c1-9(4-6(10)11)15(12,13)7-5(8)2-3-14-7/h2-3H,4H2,1H3,(H,10,11). The van der Waals surface area contributed by atoms with E-state index in [1.165, 1.54) is 18.5 Å². The minimum absolute atomic E-state index is 0.0343. The summed E-state index contributed by atoms with van der Waals surface area (Å²) in [6.07, 6.45) is 0. The normalized spacial score (nSPS) is 11.9. The van der Waals surface area contributed by atoms with Crippen LogP contribution in [0.5, 0.6) is 0 Å². The molecule has 1 rings (SSSR count). The summed E-state index contributed by atoms with van der Waals surface area (Å²) in [4.78, 5) is 10.4. The molecular weight excluding hydrogens is 262 g/mol. The molecule has 0 unspecified atom stereocenters. The highest BCUT2D eigenvalue weighted by atomic mass is 35.5. The number of aliphatic carboxylic acids is 1. The predicted octanol–water partition coefficient (Wildman–Crippen LogP) is 1.11. The molecular formula is C7H8ClNO4S2. The third-order valence-electron chi connectivity index (χ3n) is 1.59. The van der Waals surface area contributed by atoms with Crippen LogP contribution < -0.4 is 0 Å².